The van der Waals surface area contributed by atoms with Gasteiger partial charge in [0, 0.05) is 4.91 Å². The van der Waals surface area contributed by atoms with Crippen LogP contribution in [-0.2, 0) is 5.41 Å². The summed E-state index contributed by atoms with van der Waals surface area (Å²) in [6.07, 6.45) is 0. The number of nitrogens with zero attached hydrogens (tertiary/aromatic N) is 3. The van der Waals surface area contributed by atoms with E-state index in [2.05, 4.69) is 42.9 Å². The summed E-state index contributed by atoms with van der Waals surface area (Å²) >= 11 is 0. The van der Waals surface area contributed by atoms with Gasteiger partial charge in [-0.1, -0.05) is 57.1 Å². The second-order valence-electron chi connectivity index (χ2n) is 4.75. The molecular weight excluding hydrogens is 186 g/mol. The molecule has 3 heteroatoms. The Bertz CT molecular complexity index is 367. The average molecular weight is 203 g/mol. The second-order valence-corrected chi connectivity index (χ2v) is 4.75. The smallest absolute Gasteiger partial charge is 0.0597 e. The van der Waals surface area contributed by atoms with Crippen LogP contribution in [0.2, 0.25) is 0 Å². The SMILES string of the molecule is C[C@@H](N=[N+]=[N-])c1ccc(C(C)(C)C)cc1. The normalized spacial score (nSPS) is 13.1. The van der Waals surface area contributed by atoms with Crippen molar-refractivity contribution >= 4 is 0 Å². The number of azide groups is 1. The minimum Gasteiger partial charge on any atom is -0.0862 e. The molecular formula is C12H17N3. The third kappa shape index (κ3) is 3.00. The maximum absolute atomic E-state index is 8.34. The van der Waals surface area contributed by atoms with Crippen molar-refractivity contribution in [2.24, 2.45) is 5.11 Å². The fourth-order valence-corrected chi connectivity index (χ4v) is 1.41. The molecule has 0 saturated heterocycles. The summed E-state index contributed by atoms with van der Waals surface area (Å²) in [6, 6.07) is 8.15. The number of rotatable bonds is 2. The lowest BCUT2D eigenvalue weighted by Gasteiger charge is -2.19. The Labute approximate surface area is 90.8 Å². The minimum absolute atomic E-state index is 0.0935. The van der Waals surface area contributed by atoms with Crippen molar-refractivity contribution in [1.29, 1.82) is 0 Å². The van der Waals surface area contributed by atoms with Gasteiger partial charge in [-0.2, -0.15) is 0 Å². The molecule has 0 aliphatic carbocycles. The molecule has 1 atom stereocenters. The van der Waals surface area contributed by atoms with Crippen molar-refractivity contribution in [1.82, 2.24) is 0 Å². The topological polar surface area (TPSA) is 48.8 Å². The van der Waals surface area contributed by atoms with Gasteiger partial charge in [0.05, 0.1) is 6.04 Å². The molecule has 0 spiro atoms. The lowest BCUT2D eigenvalue weighted by Crippen LogP contribution is -2.10. The van der Waals surface area contributed by atoms with Gasteiger partial charge in [-0.05, 0) is 22.1 Å². The first-order chi connectivity index (χ1) is 6.95. The summed E-state index contributed by atoms with van der Waals surface area (Å²) < 4.78 is 0. The average Bonchev–Trinajstić information content (AvgIpc) is 2.17. The van der Waals surface area contributed by atoms with Crippen molar-refractivity contribution in [3.8, 4) is 0 Å². The highest BCUT2D eigenvalue weighted by molar-refractivity contribution is 5.29. The predicted molar refractivity (Wildman–Crippen MR) is 62.7 cm³/mol. The van der Waals surface area contributed by atoms with Crippen LogP contribution in [0.3, 0.4) is 0 Å². The monoisotopic (exact) mass is 203 g/mol. The van der Waals surface area contributed by atoms with E-state index >= 15 is 0 Å². The van der Waals surface area contributed by atoms with Crippen molar-refractivity contribution in [2.75, 3.05) is 0 Å². The fraction of sp³-hybridized carbons (Fsp3) is 0.500. The Morgan fingerprint density at radius 1 is 1.20 bits per heavy atom. The Hall–Kier alpha value is -1.47. The maximum Gasteiger partial charge on any atom is 0.0597 e. The van der Waals surface area contributed by atoms with Crippen LogP contribution in [0.4, 0.5) is 0 Å². The standard InChI is InChI=1S/C12H17N3/c1-9(14-15-13)10-5-7-11(8-6-10)12(2,3)4/h5-9H,1-4H3/t9-/m1/s1. The zero-order valence-corrected chi connectivity index (χ0v) is 9.73. The van der Waals surface area contributed by atoms with E-state index in [0.717, 1.165) is 5.56 Å². The van der Waals surface area contributed by atoms with Crippen LogP contribution < -0.4 is 0 Å². The van der Waals surface area contributed by atoms with Gasteiger partial charge in [0.2, 0.25) is 0 Å². The largest absolute Gasteiger partial charge is 0.0862 e. The molecule has 0 bridgehead atoms. The molecule has 0 N–H and O–H groups in total. The molecule has 0 heterocycles. The highest BCUT2D eigenvalue weighted by atomic mass is 15.1. The summed E-state index contributed by atoms with van der Waals surface area (Å²) in [7, 11) is 0. The molecule has 0 saturated carbocycles. The van der Waals surface area contributed by atoms with Crippen LogP contribution in [-0.4, -0.2) is 0 Å². The molecule has 1 aromatic rings. The predicted octanol–water partition coefficient (Wildman–Crippen LogP) is 4.36. The van der Waals surface area contributed by atoms with Gasteiger partial charge in [-0.25, -0.2) is 0 Å². The zero-order valence-electron chi connectivity index (χ0n) is 9.73. The molecule has 0 aliphatic heterocycles. The van der Waals surface area contributed by atoms with Crippen LogP contribution in [0.15, 0.2) is 29.4 Å². The van der Waals surface area contributed by atoms with E-state index in [4.69, 9.17) is 5.53 Å². The Balaban J connectivity index is 2.95. The van der Waals surface area contributed by atoms with Crippen LogP contribution in [0, 0.1) is 0 Å². The minimum atomic E-state index is -0.0935. The third-order valence-corrected chi connectivity index (χ3v) is 2.48. The molecule has 0 unspecified atom stereocenters. The van der Waals surface area contributed by atoms with E-state index in [1.54, 1.807) is 0 Å². The molecule has 0 aromatic heterocycles. The zero-order chi connectivity index (χ0) is 11.5. The van der Waals surface area contributed by atoms with Crippen LogP contribution in [0.5, 0.6) is 0 Å². The van der Waals surface area contributed by atoms with Gasteiger partial charge in [-0.15, -0.1) is 0 Å². The molecule has 1 aromatic carbocycles. The molecule has 1 rings (SSSR count). The summed E-state index contributed by atoms with van der Waals surface area (Å²) in [4.78, 5) is 2.81. The molecule has 0 amide bonds. The van der Waals surface area contributed by atoms with Crippen molar-refractivity contribution in [3.05, 3.63) is 45.8 Å². The van der Waals surface area contributed by atoms with E-state index in [-0.39, 0.29) is 11.5 Å². The molecule has 0 fully saturated rings. The Morgan fingerprint density at radius 3 is 2.13 bits per heavy atom. The van der Waals surface area contributed by atoms with Crippen LogP contribution >= 0.6 is 0 Å². The molecule has 3 nitrogen and oxygen atoms in total. The third-order valence-electron chi connectivity index (χ3n) is 2.48. The summed E-state index contributed by atoms with van der Waals surface area (Å²) in [5.41, 5.74) is 10.9. The first kappa shape index (κ1) is 11.6. The van der Waals surface area contributed by atoms with E-state index in [1.165, 1.54) is 5.56 Å². The molecule has 15 heavy (non-hydrogen) atoms. The van der Waals surface area contributed by atoms with Gasteiger partial charge >= 0.3 is 0 Å². The van der Waals surface area contributed by atoms with Crippen molar-refractivity contribution in [2.45, 2.75) is 39.2 Å². The Kier molecular flexibility index (Phi) is 3.38. The first-order valence-electron chi connectivity index (χ1n) is 5.10. The van der Waals surface area contributed by atoms with Gasteiger partial charge < -0.3 is 0 Å². The summed E-state index contributed by atoms with van der Waals surface area (Å²) in [6.45, 7) is 8.43. The lowest BCUT2D eigenvalue weighted by molar-refractivity contribution is 0.589. The van der Waals surface area contributed by atoms with E-state index in [1.807, 2.05) is 19.1 Å². The Morgan fingerprint density at radius 2 is 1.73 bits per heavy atom. The van der Waals surface area contributed by atoms with E-state index < -0.39 is 0 Å². The highest BCUT2D eigenvalue weighted by Gasteiger charge is 2.13. The van der Waals surface area contributed by atoms with Gasteiger partial charge in [0.15, 0.2) is 0 Å². The number of hydrogen-bond acceptors (Lipinski definition) is 1. The van der Waals surface area contributed by atoms with Gasteiger partial charge in [-0.3, -0.25) is 0 Å². The summed E-state index contributed by atoms with van der Waals surface area (Å²) in [5, 5.41) is 3.67. The van der Waals surface area contributed by atoms with Gasteiger partial charge in [0.1, 0.15) is 0 Å². The summed E-state index contributed by atoms with van der Waals surface area (Å²) in [5.74, 6) is 0. The van der Waals surface area contributed by atoms with Crippen LogP contribution in [0.25, 0.3) is 10.4 Å². The van der Waals surface area contributed by atoms with Crippen molar-refractivity contribution < 1.29 is 0 Å². The number of hydrogen-bond donors (Lipinski definition) is 0. The highest BCUT2D eigenvalue weighted by Crippen LogP contribution is 2.24. The van der Waals surface area contributed by atoms with E-state index in [0.29, 0.717) is 0 Å². The first-order valence-corrected chi connectivity index (χ1v) is 5.10. The fourth-order valence-electron chi connectivity index (χ4n) is 1.41. The lowest BCUT2D eigenvalue weighted by atomic mass is 9.86. The van der Waals surface area contributed by atoms with Crippen molar-refractivity contribution in [3.63, 3.8) is 0 Å². The quantitative estimate of drug-likeness (QED) is 0.389. The second kappa shape index (κ2) is 4.37. The number of benzene rings is 1. The van der Waals surface area contributed by atoms with E-state index in [9.17, 15) is 0 Å². The molecule has 80 valence electrons. The molecule has 0 radical (unpaired) electrons. The van der Waals surface area contributed by atoms with Gasteiger partial charge in [0.25, 0.3) is 0 Å². The van der Waals surface area contributed by atoms with Crippen LogP contribution in [0.1, 0.15) is 44.9 Å². The maximum atomic E-state index is 8.34. The molecule has 0 aliphatic rings.